The van der Waals surface area contributed by atoms with E-state index in [1.807, 2.05) is 0 Å². The van der Waals surface area contributed by atoms with Gasteiger partial charge in [0.2, 0.25) is 0 Å². The van der Waals surface area contributed by atoms with Gasteiger partial charge in [0.25, 0.3) is 0 Å². The van der Waals surface area contributed by atoms with Crippen molar-refractivity contribution in [2.45, 2.75) is 71.9 Å². The average molecular weight is 284 g/mol. The maximum atomic E-state index is 9.50. The van der Waals surface area contributed by atoms with Crippen LogP contribution in [-0.2, 0) is 0 Å². The Morgan fingerprint density at radius 3 is 2.20 bits per heavy atom. The van der Waals surface area contributed by atoms with Crippen molar-refractivity contribution in [2.24, 2.45) is 17.8 Å². The van der Waals surface area contributed by atoms with Gasteiger partial charge in [0.05, 0.1) is 6.61 Å². The standard InChI is InChI=1S/C17H36N2O/c1-13(2)9-10-18-11-17(12-20)19-16-7-5-15(6-8-16)14(3)4/h13-20H,5-12H2,1-4H3/t15?,16?,17-/m0/s1. The Labute approximate surface area is 125 Å². The second kappa shape index (κ2) is 9.75. The number of aliphatic hydroxyl groups is 1. The minimum Gasteiger partial charge on any atom is -0.395 e. The third-order valence-electron chi connectivity index (χ3n) is 4.70. The fourth-order valence-corrected chi connectivity index (χ4v) is 3.13. The average Bonchev–Trinajstić information content (AvgIpc) is 2.42. The molecule has 1 aliphatic rings. The lowest BCUT2D eigenvalue weighted by molar-refractivity contribution is 0.190. The van der Waals surface area contributed by atoms with Crippen molar-refractivity contribution >= 4 is 0 Å². The third-order valence-corrected chi connectivity index (χ3v) is 4.70. The van der Waals surface area contributed by atoms with Crippen LogP contribution in [0.1, 0.15) is 59.8 Å². The molecule has 0 saturated heterocycles. The van der Waals surface area contributed by atoms with Crippen LogP contribution in [0.4, 0.5) is 0 Å². The molecule has 1 aliphatic carbocycles. The zero-order valence-corrected chi connectivity index (χ0v) is 14.0. The number of rotatable bonds is 9. The predicted molar refractivity (Wildman–Crippen MR) is 86.9 cm³/mol. The molecule has 3 heteroatoms. The molecule has 120 valence electrons. The van der Waals surface area contributed by atoms with E-state index in [0.717, 1.165) is 30.8 Å². The number of nitrogens with one attached hydrogen (secondary N) is 2. The van der Waals surface area contributed by atoms with Gasteiger partial charge in [-0.15, -0.1) is 0 Å². The molecule has 20 heavy (non-hydrogen) atoms. The predicted octanol–water partition coefficient (Wildman–Crippen LogP) is 2.79. The number of aliphatic hydroxyl groups excluding tert-OH is 1. The largest absolute Gasteiger partial charge is 0.395 e. The van der Waals surface area contributed by atoms with Gasteiger partial charge in [-0.25, -0.2) is 0 Å². The fraction of sp³-hybridized carbons (Fsp3) is 1.00. The van der Waals surface area contributed by atoms with E-state index in [9.17, 15) is 5.11 Å². The van der Waals surface area contributed by atoms with Crippen LogP contribution in [0.2, 0.25) is 0 Å². The monoisotopic (exact) mass is 284 g/mol. The van der Waals surface area contributed by atoms with Gasteiger partial charge < -0.3 is 15.7 Å². The van der Waals surface area contributed by atoms with Crippen LogP contribution >= 0.6 is 0 Å². The zero-order valence-electron chi connectivity index (χ0n) is 14.0. The molecule has 0 bridgehead atoms. The van der Waals surface area contributed by atoms with Crippen molar-refractivity contribution in [1.29, 1.82) is 0 Å². The van der Waals surface area contributed by atoms with Gasteiger partial charge in [0, 0.05) is 18.6 Å². The first-order valence-corrected chi connectivity index (χ1v) is 8.60. The Morgan fingerprint density at radius 1 is 1.05 bits per heavy atom. The molecule has 0 spiro atoms. The minimum absolute atomic E-state index is 0.211. The molecule has 1 fully saturated rings. The smallest absolute Gasteiger partial charge is 0.0597 e. The summed E-state index contributed by atoms with van der Waals surface area (Å²) >= 11 is 0. The maximum Gasteiger partial charge on any atom is 0.0597 e. The highest BCUT2D eigenvalue weighted by Gasteiger charge is 2.24. The first-order chi connectivity index (χ1) is 9.52. The summed E-state index contributed by atoms with van der Waals surface area (Å²) in [5, 5.41) is 16.6. The van der Waals surface area contributed by atoms with E-state index < -0.39 is 0 Å². The van der Waals surface area contributed by atoms with Crippen LogP contribution in [-0.4, -0.2) is 36.9 Å². The van der Waals surface area contributed by atoms with E-state index >= 15 is 0 Å². The summed E-state index contributed by atoms with van der Waals surface area (Å²) in [6.45, 7) is 11.3. The van der Waals surface area contributed by atoms with Crippen LogP contribution in [0, 0.1) is 17.8 Å². The van der Waals surface area contributed by atoms with Gasteiger partial charge in [-0.05, 0) is 56.4 Å². The Balaban J connectivity index is 2.17. The molecule has 3 nitrogen and oxygen atoms in total. The summed E-state index contributed by atoms with van der Waals surface area (Å²) in [6, 6.07) is 0.816. The van der Waals surface area contributed by atoms with Crippen LogP contribution in [0.15, 0.2) is 0 Å². The van der Waals surface area contributed by atoms with Gasteiger partial charge in [0.1, 0.15) is 0 Å². The first-order valence-electron chi connectivity index (χ1n) is 8.60. The summed E-state index contributed by atoms with van der Waals surface area (Å²) in [7, 11) is 0. The van der Waals surface area contributed by atoms with Crippen molar-refractivity contribution in [3.05, 3.63) is 0 Å². The van der Waals surface area contributed by atoms with E-state index in [-0.39, 0.29) is 12.6 Å². The van der Waals surface area contributed by atoms with Crippen molar-refractivity contribution < 1.29 is 5.11 Å². The fourth-order valence-electron chi connectivity index (χ4n) is 3.13. The highest BCUT2D eigenvalue weighted by molar-refractivity contribution is 4.82. The Bertz CT molecular complexity index is 235. The summed E-state index contributed by atoms with van der Waals surface area (Å²) in [6.07, 6.45) is 6.43. The summed E-state index contributed by atoms with van der Waals surface area (Å²) < 4.78 is 0. The van der Waals surface area contributed by atoms with E-state index in [4.69, 9.17) is 0 Å². The van der Waals surface area contributed by atoms with Crippen LogP contribution in [0.3, 0.4) is 0 Å². The van der Waals surface area contributed by atoms with Crippen molar-refractivity contribution in [3.63, 3.8) is 0 Å². The highest BCUT2D eigenvalue weighted by atomic mass is 16.3. The van der Waals surface area contributed by atoms with Crippen LogP contribution in [0.5, 0.6) is 0 Å². The summed E-state index contributed by atoms with van der Waals surface area (Å²) in [4.78, 5) is 0. The van der Waals surface area contributed by atoms with Crippen molar-refractivity contribution in [1.82, 2.24) is 10.6 Å². The molecule has 1 saturated carbocycles. The molecule has 0 aromatic rings. The molecular formula is C17H36N2O. The SMILES string of the molecule is CC(C)CCNC[C@@H](CO)NC1CCC(C(C)C)CC1. The first kappa shape index (κ1) is 17.9. The maximum absolute atomic E-state index is 9.50. The lowest BCUT2D eigenvalue weighted by atomic mass is 9.79. The number of hydrogen-bond donors (Lipinski definition) is 3. The van der Waals surface area contributed by atoms with Gasteiger partial charge in [-0.1, -0.05) is 27.7 Å². The second-order valence-electron chi connectivity index (χ2n) is 7.29. The van der Waals surface area contributed by atoms with E-state index in [2.05, 4.69) is 38.3 Å². The molecule has 0 unspecified atom stereocenters. The molecular weight excluding hydrogens is 248 g/mol. The molecule has 0 aromatic carbocycles. The molecule has 0 aliphatic heterocycles. The van der Waals surface area contributed by atoms with Crippen molar-refractivity contribution in [2.75, 3.05) is 19.7 Å². The highest BCUT2D eigenvalue weighted by Crippen LogP contribution is 2.29. The van der Waals surface area contributed by atoms with Crippen LogP contribution < -0.4 is 10.6 Å². The normalized spacial score (nSPS) is 25.4. The van der Waals surface area contributed by atoms with E-state index in [1.165, 1.54) is 32.1 Å². The number of hydrogen-bond acceptors (Lipinski definition) is 3. The topological polar surface area (TPSA) is 44.3 Å². The van der Waals surface area contributed by atoms with Crippen molar-refractivity contribution in [3.8, 4) is 0 Å². The van der Waals surface area contributed by atoms with E-state index in [1.54, 1.807) is 0 Å². The third kappa shape index (κ3) is 7.05. The molecule has 0 amide bonds. The molecule has 1 rings (SSSR count). The summed E-state index contributed by atoms with van der Waals surface area (Å²) in [5.41, 5.74) is 0. The van der Waals surface area contributed by atoms with Gasteiger partial charge in [-0.2, -0.15) is 0 Å². The molecule has 0 radical (unpaired) electrons. The lowest BCUT2D eigenvalue weighted by Gasteiger charge is -2.33. The molecule has 0 aromatic heterocycles. The van der Waals surface area contributed by atoms with Gasteiger partial charge in [0.15, 0.2) is 0 Å². The second-order valence-corrected chi connectivity index (χ2v) is 7.29. The molecule has 1 atom stereocenters. The van der Waals surface area contributed by atoms with Gasteiger partial charge >= 0.3 is 0 Å². The molecule has 0 heterocycles. The van der Waals surface area contributed by atoms with Crippen LogP contribution in [0.25, 0.3) is 0 Å². The Kier molecular flexibility index (Phi) is 8.74. The Morgan fingerprint density at radius 2 is 1.70 bits per heavy atom. The lowest BCUT2D eigenvalue weighted by Crippen LogP contribution is -2.47. The van der Waals surface area contributed by atoms with E-state index in [0.29, 0.717) is 6.04 Å². The molecule has 3 N–H and O–H groups in total. The zero-order chi connectivity index (χ0) is 15.0. The van der Waals surface area contributed by atoms with Gasteiger partial charge in [-0.3, -0.25) is 0 Å². The minimum atomic E-state index is 0.211. The quantitative estimate of drug-likeness (QED) is 0.571. The summed E-state index contributed by atoms with van der Waals surface area (Å²) in [5.74, 6) is 2.47. The Hall–Kier alpha value is -0.120.